The zero-order chi connectivity index (χ0) is 23.3. The maximum absolute atomic E-state index is 12.6. The first-order chi connectivity index (χ1) is 14.9. The van der Waals surface area contributed by atoms with Crippen LogP contribution in [0.25, 0.3) is 0 Å². The van der Waals surface area contributed by atoms with Gasteiger partial charge in [0.1, 0.15) is 6.10 Å². The van der Waals surface area contributed by atoms with Crippen molar-refractivity contribution in [3.8, 4) is 0 Å². The average Bonchev–Trinajstić information content (AvgIpc) is 2.72. The molecule has 0 aliphatic rings. The van der Waals surface area contributed by atoms with Gasteiger partial charge in [-0.2, -0.15) is 0 Å². The van der Waals surface area contributed by atoms with Crippen molar-refractivity contribution in [3.63, 3.8) is 0 Å². The Hall–Kier alpha value is -1.59. The number of hydrogen-bond acceptors (Lipinski definition) is 5. The van der Waals surface area contributed by atoms with Crippen LogP contribution in [0.5, 0.6) is 0 Å². The molecule has 6 nitrogen and oxygen atoms in total. The highest BCUT2D eigenvalue weighted by atomic mass is 16.5. The minimum Gasteiger partial charge on any atom is -0.466 e. The van der Waals surface area contributed by atoms with Gasteiger partial charge < -0.3 is 14.8 Å². The van der Waals surface area contributed by atoms with Gasteiger partial charge in [0, 0.05) is 25.8 Å². The summed E-state index contributed by atoms with van der Waals surface area (Å²) in [6, 6.07) is 0. The van der Waals surface area contributed by atoms with Gasteiger partial charge in [-0.05, 0) is 58.3 Å². The molecule has 31 heavy (non-hydrogen) atoms. The number of ether oxygens (including phenoxy) is 2. The molecule has 1 amide bonds. The number of carbonyl (C=O) groups excluding carboxylic acids is 3. The van der Waals surface area contributed by atoms with E-state index in [0.717, 1.165) is 83.5 Å². The number of rotatable bonds is 20. The van der Waals surface area contributed by atoms with Crippen LogP contribution in [0.3, 0.4) is 0 Å². The molecule has 0 heterocycles. The van der Waals surface area contributed by atoms with E-state index in [1.807, 2.05) is 6.92 Å². The lowest BCUT2D eigenvalue weighted by Crippen LogP contribution is -2.31. The van der Waals surface area contributed by atoms with Crippen molar-refractivity contribution in [2.24, 2.45) is 5.92 Å². The third-order valence-electron chi connectivity index (χ3n) is 5.45. The number of amides is 1. The number of esters is 2. The standard InChI is InChI=1S/C25H47NO5/c1-5-8-11-17-23(31-21(4)27)18-14-16-22(25(29)26-20-6-2)15-12-9-10-13-19-24(28)30-7-3/h22-23H,5-20H2,1-4H3,(H,26,29). The van der Waals surface area contributed by atoms with Crippen LogP contribution in [0.2, 0.25) is 0 Å². The molecule has 0 saturated carbocycles. The molecule has 0 aromatic carbocycles. The van der Waals surface area contributed by atoms with Gasteiger partial charge in [0.15, 0.2) is 0 Å². The summed E-state index contributed by atoms with van der Waals surface area (Å²) in [7, 11) is 0. The second-order valence-corrected chi connectivity index (χ2v) is 8.40. The van der Waals surface area contributed by atoms with Gasteiger partial charge >= 0.3 is 11.9 Å². The highest BCUT2D eigenvalue weighted by molar-refractivity contribution is 5.78. The molecule has 0 spiro atoms. The first kappa shape index (κ1) is 29.4. The molecule has 0 fully saturated rings. The molecule has 6 heteroatoms. The van der Waals surface area contributed by atoms with E-state index in [1.165, 1.54) is 6.92 Å². The van der Waals surface area contributed by atoms with Gasteiger partial charge in [-0.3, -0.25) is 14.4 Å². The Bertz CT molecular complexity index is 481. The minimum absolute atomic E-state index is 0.00484. The molecule has 0 aromatic heterocycles. The van der Waals surface area contributed by atoms with E-state index >= 15 is 0 Å². The van der Waals surface area contributed by atoms with E-state index in [1.54, 1.807) is 0 Å². The minimum atomic E-state index is -0.221. The molecule has 0 aliphatic carbocycles. The molecule has 0 radical (unpaired) electrons. The number of hydrogen-bond donors (Lipinski definition) is 1. The highest BCUT2D eigenvalue weighted by Crippen LogP contribution is 2.21. The second kappa shape index (κ2) is 20.3. The highest BCUT2D eigenvalue weighted by Gasteiger charge is 2.19. The van der Waals surface area contributed by atoms with Crippen molar-refractivity contribution in [2.45, 2.75) is 124 Å². The van der Waals surface area contributed by atoms with Crippen molar-refractivity contribution in [2.75, 3.05) is 13.2 Å². The summed E-state index contributed by atoms with van der Waals surface area (Å²) in [6.07, 6.45) is 12.9. The number of unbranched alkanes of at least 4 members (excludes halogenated alkanes) is 5. The Kier molecular flexibility index (Phi) is 19.3. The molecular weight excluding hydrogens is 394 g/mol. The Balaban J connectivity index is 4.40. The summed E-state index contributed by atoms with van der Waals surface area (Å²) >= 11 is 0. The fraction of sp³-hybridized carbons (Fsp3) is 0.880. The zero-order valence-corrected chi connectivity index (χ0v) is 20.5. The van der Waals surface area contributed by atoms with E-state index < -0.39 is 0 Å². The summed E-state index contributed by atoms with van der Waals surface area (Å²) in [5, 5.41) is 3.04. The van der Waals surface area contributed by atoms with Crippen LogP contribution in [0.15, 0.2) is 0 Å². The Morgan fingerprint density at radius 1 is 0.774 bits per heavy atom. The monoisotopic (exact) mass is 441 g/mol. The predicted octanol–water partition coefficient (Wildman–Crippen LogP) is 5.71. The first-order valence-corrected chi connectivity index (χ1v) is 12.5. The lowest BCUT2D eigenvalue weighted by Gasteiger charge is -2.20. The molecule has 0 aromatic rings. The predicted molar refractivity (Wildman–Crippen MR) is 125 cm³/mol. The maximum atomic E-state index is 12.6. The molecule has 2 atom stereocenters. The molecule has 182 valence electrons. The molecule has 0 saturated heterocycles. The van der Waals surface area contributed by atoms with Crippen LogP contribution < -0.4 is 5.32 Å². The third kappa shape index (κ3) is 17.8. The van der Waals surface area contributed by atoms with Gasteiger partial charge in [-0.25, -0.2) is 0 Å². The van der Waals surface area contributed by atoms with E-state index in [4.69, 9.17) is 9.47 Å². The van der Waals surface area contributed by atoms with Crippen molar-refractivity contribution in [1.82, 2.24) is 5.32 Å². The van der Waals surface area contributed by atoms with Gasteiger partial charge in [0.05, 0.1) is 6.61 Å². The van der Waals surface area contributed by atoms with Crippen LogP contribution >= 0.6 is 0 Å². The molecule has 0 bridgehead atoms. The van der Waals surface area contributed by atoms with Crippen LogP contribution in [0, 0.1) is 5.92 Å². The Morgan fingerprint density at radius 3 is 2.06 bits per heavy atom. The molecule has 2 unspecified atom stereocenters. The zero-order valence-electron chi connectivity index (χ0n) is 20.5. The van der Waals surface area contributed by atoms with Crippen molar-refractivity contribution in [3.05, 3.63) is 0 Å². The van der Waals surface area contributed by atoms with Gasteiger partial charge in [-0.1, -0.05) is 46.0 Å². The van der Waals surface area contributed by atoms with Crippen molar-refractivity contribution >= 4 is 17.8 Å². The third-order valence-corrected chi connectivity index (χ3v) is 5.45. The fourth-order valence-electron chi connectivity index (χ4n) is 3.76. The summed E-state index contributed by atoms with van der Waals surface area (Å²) in [4.78, 5) is 35.4. The van der Waals surface area contributed by atoms with Gasteiger partial charge in [-0.15, -0.1) is 0 Å². The SMILES string of the molecule is CCCCCC(CCCC(CCCCCCC(=O)OCC)C(=O)NCCC)OC(C)=O. The molecular formula is C25H47NO5. The van der Waals surface area contributed by atoms with Crippen LogP contribution in [0.4, 0.5) is 0 Å². The first-order valence-electron chi connectivity index (χ1n) is 12.5. The summed E-state index contributed by atoms with van der Waals surface area (Å²) in [5.41, 5.74) is 0. The van der Waals surface area contributed by atoms with Crippen LogP contribution in [-0.2, 0) is 23.9 Å². The van der Waals surface area contributed by atoms with E-state index in [-0.39, 0.29) is 29.9 Å². The quantitative estimate of drug-likeness (QED) is 0.193. The van der Waals surface area contributed by atoms with Gasteiger partial charge in [0.2, 0.25) is 5.91 Å². The summed E-state index contributed by atoms with van der Waals surface area (Å²) in [5.74, 6) is -0.198. The van der Waals surface area contributed by atoms with Gasteiger partial charge in [0.25, 0.3) is 0 Å². The largest absolute Gasteiger partial charge is 0.466 e. The fourth-order valence-corrected chi connectivity index (χ4v) is 3.76. The Morgan fingerprint density at radius 2 is 1.42 bits per heavy atom. The average molecular weight is 442 g/mol. The van der Waals surface area contributed by atoms with Crippen LogP contribution in [-0.4, -0.2) is 37.1 Å². The number of nitrogens with one attached hydrogen (secondary N) is 1. The van der Waals surface area contributed by atoms with Crippen LogP contribution in [0.1, 0.15) is 118 Å². The summed E-state index contributed by atoms with van der Waals surface area (Å²) < 4.78 is 10.4. The van der Waals surface area contributed by atoms with E-state index in [2.05, 4.69) is 19.2 Å². The Labute approximate surface area is 190 Å². The van der Waals surface area contributed by atoms with E-state index in [9.17, 15) is 14.4 Å². The lowest BCUT2D eigenvalue weighted by molar-refractivity contribution is -0.147. The smallest absolute Gasteiger partial charge is 0.305 e. The van der Waals surface area contributed by atoms with Crippen molar-refractivity contribution in [1.29, 1.82) is 0 Å². The van der Waals surface area contributed by atoms with E-state index in [0.29, 0.717) is 19.6 Å². The maximum Gasteiger partial charge on any atom is 0.305 e. The molecule has 1 N–H and O–H groups in total. The topological polar surface area (TPSA) is 81.7 Å². The molecule has 0 rings (SSSR count). The number of carbonyl (C=O) groups is 3. The second-order valence-electron chi connectivity index (χ2n) is 8.40. The lowest BCUT2D eigenvalue weighted by atomic mass is 9.92. The van der Waals surface area contributed by atoms with Crippen molar-refractivity contribution < 1.29 is 23.9 Å². The molecule has 0 aliphatic heterocycles. The normalized spacial score (nSPS) is 12.8. The summed E-state index contributed by atoms with van der Waals surface area (Å²) in [6.45, 7) is 8.65.